The summed E-state index contributed by atoms with van der Waals surface area (Å²) < 4.78 is 5.66. The molecule has 33 heavy (non-hydrogen) atoms. The van der Waals surface area contributed by atoms with Gasteiger partial charge in [-0.25, -0.2) is 5.43 Å². The average Bonchev–Trinajstić information content (AvgIpc) is 2.82. The molecule has 0 fully saturated rings. The van der Waals surface area contributed by atoms with Crippen molar-refractivity contribution in [3.63, 3.8) is 0 Å². The first-order valence-corrected chi connectivity index (χ1v) is 10.7. The van der Waals surface area contributed by atoms with E-state index < -0.39 is 0 Å². The predicted molar refractivity (Wildman–Crippen MR) is 133 cm³/mol. The first-order chi connectivity index (χ1) is 16.1. The van der Waals surface area contributed by atoms with Crippen LogP contribution in [0.2, 0.25) is 0 Å². The molecule has 4 N–H and O–H groups in total. The number of hydrazone groups is 1. The quantitative estimate of drug-likeness (QED) is 0.188. The summed E-state index contributed by atoms with van der Waals surface area (Å²) in [6, 6.07) is 22.5. The highest BCUT2D eigenvalue weighted by atomic mass is 79.9. The van der Waals surface area contributed by atoms with Gasteiger partial charge >= 0.3 is 0 Å². The van der Waals surface area contributed by atoms with Crippen molar-refractivity contribution in [1.82, 2.24) is 15.0 Å². The highest BCUT2D eigenvalue weighted by molar-refractivity contribution is 9.10. The molecular formula is C23H20BrN7O2. The number of phenols is 1. The second-order valence-corrected chi connectivity index (χ2v) is 7.57. The van der Waals surface area contributed by atoms with Gasteiger partial charge < -0.3 is 20.5 Å². The molecule has 0 aliphatic carbocycles. The molecule has 0 atom stereocenters. The summed E-state index contributed by atoms with van der Waals surface area (Å²) in [6.07, 6.45) is 1.56. The van der Waals surface area contributed by atoms with Gasteiger partial charge in [0, 0.05) is 11.4 Å². The summed E-state index contributed by atoms with van der Waals surface area (Å²) in [7, 11) is 1.48. The average molecular weight is 506 g/mol. The van der Waals surface area contributed by atoms with Crippen molar-refractivity contribution in [3.05, 3.63) is 82.8 Å². The van der Waals surface area contributed by atoms with Gasteiger partial charge in [0.25, 0.3) is 0 Å². The number of benzene rings is 3. The molecule has 0 aliphatic heterocycles. The van der Waals surface area contributed by atoms with E-state index in [1.807, 2.05) is 60.7 Å². The Balaban J connectivity index is 1.58. The number of nitrogens with one attached hydrogen (secondary N) is 3. The van der Waals surface area contributed by atoms with Crippen LogP contribution in [0.25, 0.3) is 0 Å². The van der Waals surface area contributed by atoms with Crippen molar-refractivity contribution in [2.45, 2.75) is 0 Å². The lowest BCUT2D eigenvalue weighted by atomic mass is 10.2. The molecule has 0 aliphatic rings. The number of para-hydroxylation sites is 2. The minimum Gasteiger partial charge on any atom is -0.503 e. The number of rotatable bonds is 8. The van der Waals surface area contributed by atoms with Gasteiger partial charge in [-0.15, -0.1) is 0 Å². The van der Waals surface area contributed by atoms with Gasteiger partial charge in [0.1, 0.15) is 0 Å². The monoisotopic (exact) mass is 505 g/mol. The molecule has 166 valence electrons. The number of methoxy groups -OCH3 is 1. The molecule has 10 heteroatoms. The van der Waals surface area contributed by atoms with E-state index >= 15 is 0 Å². The minimum atomic E-state index is 0.0216. The molecule has 0 saturated carbocycles. The Labute approximate surface area is 198 Å². The van der Waals surface area contributed by atoms with Crippen LogP contribution in [0.15, 0.2) is 82.4 Å². The van der Waals surface area contributed by atoms with Crippen LogP contribution in [-0.2, 0) is 0 Å². The first-order valence-electron chi connectivity index (χ1n) is 9.86. The molecule has 0 radical (unpaired) electrons. The number of halogens is 1. The van der Waals surface area contributed by atoms with Crippen molar-refractivity contribution < 1.29 is 9.84 Å². The Kier molecular flexibility index (Phi) is 6.96. The zero-order valence-electron chi connectivity index (χ0n) is 17.5. The van der Waals surface area contributed by atoms with Gasteiger partial charge in [-0.3, -0.25) is 0 Å². The number of hydrogen-bond acceptors (Lipinski definition) is 9. The first kappa shape index (κ1) is 22.0. The Morgan fingerprint density at radius 3 is 1.94 bits per heavy atom. The molecule has 1 heterocycles. The molecule has 0 amide bonds. The molecule has 9 nitrogen and oxygen atoms in total. The normalized spacial score (nSPS) is 10.7. The zero-order chi connectivity index (χ0) is 23.0. The van der Waals surface area contributed by atoms with Crippen LogP contribution in [-0.4, -0.2) is 33.4 Å². The number of aromatic hydroxyl groups is 1. The number of phenolic OH excluding ortho intramolecular Hbond substituents is 1. The fourth-order valence-corrected chi connectivity index (χ4v) is 3.29. The molecule has 0 bridgehead atoms. The largest absolute Gasteiger partial charge is 0.503 e. The Bertz CT molecular complexity index is 1190. The maximum absolute atomic E-state index is 9.96. The number of nitrogens with zero attached hydrogens (tertiary/aromatic N) is 4. The van der Waals surface area contributed by atoms with Gasteiger partial charge in [0.15, 0.2) is 11.5 Å². The van der Waals surface area contributed by atoms with Crippen molar-refractivity contribution in [2.24, 2.45) is 5.10 Å². The third-order valence-corrected chi connectivity index (χ3v) is 4.95. The SMILES string of the molecule is COc1cc(/C=N\Nc2nc(Nc3ccccc3)nc(Nc3ccccc3)n2)cc(Br)c1O. The number of hydrogen-bond donors (Lipinski definition) is 4. The van der Waals surface area contributed by atoms with Gasteiger partial charge in [0.05, 0.1) is 17.8 Å². The van der Waals surface area contributed by atoms with Gasteiger partial charge in [-0.1, -0.05) is 36.4 Å². The topological polar surface area (TPSA) is 117 Å². The van der Waals surface area contributed by atoms with Crippen molar-refractivity contribution in [2.75, 3.05) is 23.2 Å². The maximum atomic E-state index is 9.96. The Hall–Kier alpha value is -4.18. The van der Waals surface area contributed by atoms with E-state index in [0.717, 1.165) is 11.4 Å². The van der Waals surface area contributed by atoms with E-state index in [9.17, 15) is 5.11 Å². The fourth-order valence-electron chi connectivity index (χ4n) is 2.83. The number of anilines is 5. The molecular weight excluding hydrogens is 486 g/mol. The van der Waals surface area contributed by atoms with E-state index in [4.69, 9.17) is 4.74 Å². The smallest absolute Gasteiger partial charge is 0.250 e. The summed E-state index contributed by atoms with van der Waals surface area (Å²) in [5.41, 5.74) is 5.20. The lowest BCUT2D eigenvalue weighted by molar-refractivity contribution is 0.372. The number of aromatic nitrogens is 3. The van der Waals surface area contributed by atoms with Gasteiger partial charge in [-0.2, -0.15) is 20.1 Å². The van der Waals surface area contributed by atoms with Crippen LogP contribution < -0.4 is 20.8 Å². The van der Waals surface area contributed by atoms with Crippen molar-refractivity contribution in [1.29, 1.82) is 0 Å². The summed E-state index contributed by atoms with van der Waals surface area (Å²) in [5.74, 6) is 1.29. The summed E-state index contributed by atoms with van der Waals surface area (Å²) in [6.45, 7) is 0. The van der Waals surface area contributed by atoms with E-state index in [2.05, 4.69) is 52.0 Å². The Morgan fingerprint density at radius 2 is 1.39 bits per heavy atom. The molecule has 0 unspecified atom stereocenters. The third kappa shape index (κ3) is 5.95. The molecule has 1 aromatic heterocycles. The van der Waals surface area contributed by atoms with Gasteiger partial charge in [-0.05, 0) is 57.9 Å². The van der Waals surface area contributed by atoms with Gasteiger partial charge in [0.2, 0.25) is 17.8 Å². The second kappa shape index (κ2) is 10.4. The highest BCUT2D eigenvalue weighted by Crippen LogP contribution is 2.34. The Morgan fingerprint density at radius 1 is 0.848 bits per heavy atom. The van der Waals surface area contributed by atoms with E-state index in [-0.39, 0.29) is 11.7 Å². The van der Waals surface area contributed by atoms with Crippen LogP contribution in [0, 0.1) is 0 Å². The van der Waals surface area contributed by atoms with E-state index in [1.165, 1.54) is 7.11 Å². The zero-order valence-corrected chi connectivity index (χ0v) is 19.1. The van der Waals surface area contributed by atoms with E-state index in [1.54, 1.807) is 18.3 Å². The van der Waals surface area contributed by atoms with E-state index in [0.29, 0.717) is 27.7 Å². The molecule has 0 spiro atoms. The number of ether oxygens (including phenoxy) is 1. The van der Waals surface area contributed by atoms with Crippen LogP contribution in [0.1, 0.15) is 5.56 Å². The lowest BCUT2D eigenvalue weighted by Gasteiger charge is -2.10. The minimum absolute atomic E-state index is 0.0216. The standard InChI is InChI=1S/C23H20BrN7O2/c1-33-19-13-15(12-18(24)20(19)32)14-25-31-23-29-21(26-16-8-4-2-5-9-16)28-22(30-23)27-17-10-6-3-7-11-17/h2-14,32H,1H3,(H3,26,27,28,29,30,31)/b25-14-. The van der Waals surface area contributed by atoms with Crippen molar-refractivity contribution in [3.8, 4) is 11.5 Å². The highest BCUT2D eigenvalue weighted by Gasteiger charge is 2.09. The maximum Gasteiger partial charge on any atom is 0.250 e. The molecule has 4 aromatic rings. The third-order valence-electron chi connectivity index (χ3n) is 4.34. The summed E-state index contributed by atoms with van der Waals surface area (Å²) in [4.78, 5) is 13.2. The van der Waals surface area contributed by atoms with Crippen LogP contribution in [0.4, 0.5) is 29.2 Å². The van der Waals surface area contributed by atoms with Crippen LogP contribution >= 0.6 is 15.9 Å². The van der Waals surface area contributed by atoms with Crippen LogP contribution in [0.5, 0.6) is 11.5 Å². The molecule has 4 rings (SSSR count). The summed E-state index contributed by atoms with van der Waals surface area (Å²) in [5, 5.41) is 20.5. The predicted octanol–water partition coefficient (Wildman–Crippen LogP) is 5.28. The summed E-state index contributed by atoms with van der Waals surface area (Å²) >= 11 is 3.30. The van der Waals surface area contributed by atoms with Crippen molar-refractivity contribution >= 4 is 51.4 Å². The molecule has 0 saturated heterocycles. The van der Waals surface area contributed by atoms with Crippen LogP contribution in [0.3, 0.4) is 0 Å². The molecule has 3 aromatic carbocycles. The second-order valence-electron chi connectivity index (χ2n) is 6.71. The lowest BCUT2D eigenvalue weighted by Crippen LogP contribution is -2.07. The fraction of sp³-hybridized carbons (Fsp3) is 0.0435.